The predicted molar refractivity (Wildman–Crippen MR) is 118 cm³/mol. The second-order valence-electron chi connectivity index (χ2n) is 7.29. The van der Waals surface area contributed by atoms with E-state index in [0.717, 1.165) is 16.9 Å². The maximum absolute atomic E-state index is 12.8. The van der Waals surface area contributed by atoms with Gasteiger partial charge in [-0.1, -0.05) is 36.4 Å². The molecule has 0 bridgehead atoms. The van der Waals surface area contributed by atoms with E-state index in [2.05, 4.69) is 0 Å². The van der Waals surface area contributed by atoms with E-state index in [4.69, 9.17) is 9.47 Å². The van der Waals surface area contributed by atoms with Crippen molar-refractivity contribution in [2.24, 2.45) is 0 Å². The van der Waals surface area contributed by atoms with Crippen molar-refractivity contribution in [3.05, 3.63) is 88.1 Å². The van der Waals surface area contributed by atoms with Crippen LogP contribution in [-0.2, 0) is 16.1 Å². The van der Waals surface area contributed by atoms with Crippen LogP contribution < -0.4 is 10.2 Å². The Kier molecular flexibility index (Phi) is 5.53. The Hall–Kier alpha value is -3.60. The summed E-state index contributed by atoms with van der Waals surface area (Å²) in [5.41, 5.74) is 3.55. The summed E-state index contributed by atoms with van der Waals surface area (Å²) in [5.74, 6) is 0.418. The fourth-order valence-corrected chi connectivity index (χ4v) is 3.59. The largest absolute Gasteiger partial charge is 0.490 e. The standard InChI is InChI=1S/C25H23NO4/c1-17-11-12-18(2)23(15-17)29-13-14-30-24(27)16-26-21-9-5-3-7-19(21)25(28)20-8-4-6-10-22(20)26/h3-12,15H,13-14,16H2,1-2H3. The van der Waals surface area contributed by atoms with Gasteiger partial charge in [0.05, 0.1) is 11.0 Å². The summed E-state index contributed by atoms with van der Waals surface area (Å²) in [4.78, 5) is 25.3. The molecule has 152 valence electrons. The van der Waals surface area contributed by atoms with Crippen LogP contribution in [0.1, 0.15) is 11.1 Å². The predicted octanol–water partition coefficient (Wildman–Crippen LogP) is 4.39. The van der Waals surface area contributed by atoms with E-state index in [0.29, 0.717) is 21.8 Å². The summed E-state index contributed by atoms with van der Waals surface area (Å²) in [5, 5.41) is 1.17. The van der Waals surface area contributed by atoms with Crippen LogP contribution in [-0.4, -0.2) is 23.8 Å². The summed E-state index contributed by atoms with van der Waals surface area (Å²) in [7, 11) is 0. The first-order valence-corrected chi connectivity index (χ1v) is 9.90. The third-order valence-electron chi connectivity index (χ3n) is 5.11. The maximum Gasteiger partial charge on any atom is 0.326 e. The number of hydrogen-bond donors (Lipinski definition) is 0. The topological polar surface area (TPSA) is 57.5 Å². The third kappa shape index (κ3) is 3.92. The maximum atomic E-state index is 12.8. The van der Waals surface area contributed by atoms with Crippen molar-refractivity contribution in [2.45, 2.75) is 20.4 Å². The Balaban J connectivity index is 1.50. The molecule has 1 aromatic heterocycles. The monoisotopic (exact) mass is 401 g/mol. The van der Waals surface area contributed by atoms with Crippen LogP contribution in [0.5, 0.6) is 5.75 Å². The Morgan fingerprint density at radius 3 is 2.17 bits per heavy atom. The number of benzene rings is 3. The van der Waals surface area contributed by atoms with Gasteiger partial charge in [0, 0.05) is 10.8 Å². The molecule has 0 atom stereocenters. The highest BCUT2D eigenvalue weighted by Crippen LogP contribution is 2.20. The van der Waals surface area contributed by atoms with Crippen molar-refractivity contribution in [3.8, 4) is 5.75 Å². The average Bonchev–Trinajstić information content (AvgIpc) is 2.76. The Morgan fingerprint density at radius 1 is 0.867 bits per heavy atom. The van der Waals surface area contributed by atoms with Gasteiger partial charge in [0.25, 0.3) is 0 Å². The van der Waals surface area contributed by atoms with Crippen molar-refractivity contribution >= 4 is 27.8 Å². The highest BCUT2D eigenvalue weighted by atomic mass is 16.6. The zero-order valence-electron chi connectivity index (χ0n) is 17.1. The molecule has 0 amide bonds. The lowest BCUT2D eigenvalue weighted by Crippen LogP contribution is -2.20. The van der Waals surface area contributed by atoms with E-state index in [1.807, 2.05) is 73.0 Å². The molecule has 0 aliphatic rings. The molecule has 4 rings (SSSR count). The van der Waals surface area contributed by atoms with Crippen LogP contribution >= 0.6 is 0 Å². The molecule has 0 radical (unpaired) electrons. The molecule has 1 heterocycles. The first-order chi connectivity index (χ1) is 14.5. The lowest BCUT2D eigenvalue weighted by molar-refractivity contribution is -0.144. The highest BCUT2D eigenvalue weighted by Gasteiger charge is 2.13. The summed E-state index contributed by atoms with van der Waals surface area (Å²) in [6.45, 7) is 4.44. The SMILES string of the molecule is Cc1ccc(C)c(OCCOC(=O)Cn2c3ccccc3c(=O)c3ccccc32)c1. The van der Waals surface area contributed by atoms with Gasteiger partial charge in [0.2, 0.25) is 0 Å². The number of fused-ring (bicyclic) bond motifs is 2. The summed E-state index contributed by atoms with van der Waals surface area (Å²) >= 11 is 0. The number of esters is 1. The normalized spacial score (nSPS) is 11.0. The molecule has 3 aromatic carbocycles. The van der Waals surface area contributed by atoms with Gasteiger partial charge in [0.15, 0.2) is 5.43 Å². The number of rotatable bonds is 6. The molecule has 5 heteroatoms. The van der Waals surface area contributed by atoms with Crippen molar-refractivity contribution in [1.29, 1.82) is 0 Å². The summed E-state index contributed by atoms with van der Waals surface area (Å²) in [6.07, 6.45) is 0. The highest BCUT2D eigenvalue weighted by molar-refractivity contribution is 5.94. The first-order valence-electron chi connectivity index (χ1n) is 9.90. The van der Waals surface area contributed by atoms with Crippen molar-refractivity contribution < 1.29 is 14.3 Å². The Labute approximate surface area is 174 Å². The Bertz CT molecular complexity index is 1230. The first kappa shape index (κ1) is 19.7. The molecular formula is C25H23NO4. The van der Waals surface area contributed by atoms with Gasteiger partial charge in [0.1, 0.15) is 25.5 Å². The minimum Gasteiger partial charge on any atom is -0.490 e. The molecule has 5 nitrogen and oxygen atoms in total. The van der Waals surface area contributed by atoms with Crippen molar-refractivity contribution in [2.75, 3.05) is 13.2 Å². The second-order valence-corrected chi connectivity index (χ2v) is 7.29. The molecule has 0 spiro atoms. The van der Waals surface area contributed by atoms with Crippen LogP contribution in [0.25, 0.3) is 21.8 Å². The summed E-state index contributed by atoms with van der Waals surface area (Å²) < 4.78 is 13.0. The number of nitrogens with zero attached hydrogens (tertiary/aromatic N) is 1. The Morgan fingerprint density at radius 2 is 1.50 bits per heavy atom. The van der Waals surface area contributed by atoms with Crippen LogP contribution in [0.4, 0.5) is 0 Å². The number of pyridine rings is 1. The average molecular weight is 401 g/mol. The third-order valence-corrected chi connectivity index (χ3v) is 5.11. The summed E-state index contributed by atoms with van der Waals surface area (Å²) in [6, 6.07) is 20.6. The van der Waals surface area contributed by atoms with Crippen molar-refractivity contribution in [1.82, 2.24) is 4.57 Å². The molecule has 30 heavy (non-hydrogen) atoms. The van der Waals surface area contributed by atoms with Crippen LogP contribution in [0.15, 0.2) is 71.5 Å². The molecule has 0 saturated heterocycles. The van der Waals surface area contributed by atoms with Gasteiger partial charge >= 0.3 is 5.97 Å². The number of aryl methyl sites for hydroxylation is 2. The fourth-order valence-electron chi connectivity index (χ4n) is 3.59. The van der Waals surface area contributed by atoms with Crippen molar-refractivity contribution in [3.63, 3.8) is 0 Å². The van der Waals surface area contributed by atoms with Crippen LogP contribution in [0.3, 0.4) is 0 Å². The number of carbonyl (C=O) groups is 1. The van der Waals surface area contributed by atoms with Gasteiger partial charge in [-0.15, -0.1) is 0 Å². The van der Waals surface area contributed by atoms with Crippen LogP contribution in [0, 0.1) is 13.8 Å². The number of hydrogen-bond acceptors (Lipinski definition) is 4. The van der Waals surface area contributed by atoms with E-state index in [9.17, 15) is 9.59 Å². The smallest absolute Gasteiger partial charge is 0.326 e. The number of para-hydroxylation sites is 2. The van der Waals surface area contributed by atoms with E-state index < -0.39 is 0 Å². The van der Waals surface area contributed by atoms with Gasteiger partial charge < -0.3 is 14.0 Å². The molecule has 0 aliphatic carbocycles. The van der Waals surface area contributed by atoms with E-state index in [-0.39, 0.29) is 31.2 Å². The van der Waals surface area contributed by atoms with Gasteiger partial charge in [-0.3, -0.25) is 9.59 Å². The zero-order chi connectivity index (χ0) is 21.1. The molecule has 4 aromatic rings. The minimum atomic E-state index is -0.376. The molecule has 0 N–H and O–H groups in total. The second kappa shape index (κ2) is 8.41. The fraction of sp³-hybridized carbons (Fsp3) is 0.200. The molecule has 0 aliphatic heterocycles. The van der Waals surface area contributed by atoms with E-state index in [1.165, 1.54) is 0 Å². The number of carbonyl (C=O) groups excluding carboxylic acids is 1. The van der Waals surface area contributed by atoms with Gasteiger partial charge in [-0.25, -0.2) is 0 Å². The van der Waals surface area contributed by atoms with Gasteiger partial charge in [-0.05, 0) is 55.3 Å². The number of ether oxygens (including phenoxy) is 2. The molecule has 0 fully saturated rings. The van der Waals surface area contributed by atoms with Gasteiger partial charge in [-0.2, -0.15) is 0 Å². The molecular weight excluding hydrogens is 378 g/mol. The number of aromatic nitrogens is 1. The zero-order valence-corrected chi connectivity index (χ0v) is 17.1. The lowest BCUT2D eigenvalue weighted by atomic mass is 10.1. The quantitative estimate of drug-likeness (QED) is 0.273. The molecule has 0 saturated carbocycles. The minimum absolute atomic E-state index is 0.0186. The lowest BCUT2D eigenvalue weighted by Gasteiger charge is -2.15. The molecule has 0 unspecified atom stereocenters. The van der Waals surface area contributed by atoms with E-state index in [1.54, 1.807) is 12.1 Å². The van der Waals surface area contributed by atoms with E-state index >= 15 is 0 Å². The van der Waals surface area contributed by atoms with Crippen LogP contribution in [0.2, 0.25) is 0 Å².